The Balaban J connectivity index is 1.84. The van der Waals surface area contributed by atoms with Gasteiger partial charge in [-0.05, 0) is 43.3 Å². The zero-order chi connectivity index (χ0) is 19.6. The molecule has 1 amide bonds. The summed E-state index contributed by atoms with van der Waals surface area (Å²) in [5.41, 5.74) is 2.03. The minimum absolute atomic E-state index is 0.283. The second-order valence-electron chi connectivity index (χ2n) is 5.62. The minimum atomic E-state index is -0.394. The van der Waals surface area contributed by atoms with Crippen molar-refractivity contribution in [2.24, 2.45) is 0 Å². The van der Waals surface area contributed by atoms with Gasteiger partial charge in [0.05, 0.1) is 39.1 Å². The lowest BCUT2D eigenvalue weighted by atomic mass is 10.1. The lowest BCUT2D eigenvalue weighted by molar-refractivity contribution is 0.102. The van der Waals surface area contributed by atoms with E-state index in [4.69, 9.17) is 39.5 Å². The third-order valence-corrected chi connectivity index (χ3v) is 4.87. The summed E-state index contributed by atoms with van der Waals surface area (Å²) in [5, 5.41) is 3.58. The molecule has 0 spiro atoms. The van der Waals surface area contributed by atoms with Crippen molar-refractivity contribution >= 4 is 46.4 Å². The molecule has 2 aromatic carbocycles. The van der Waals surface area contributed by atoms with Gasteiger partial charge in [-0.2, -0.15) is 0 Å². The number of hydrogen-bond donors (Lipinski definition) is 1. The van der Waals surface area contributed by atoms with Crippen molar-refractivity contribution in [1.82, 2.24) is 9.97 Å². The normalized spacial score (nSPS) is 10.6. The molecule has 27 heavy (non-hydrogen) atoms. The molecule has 0 bridgehead atoms. The third-order valence-electron chi connectivity index (χ3n) is 3.83. The highest BCUT2D eigenvalue weighted by atomic mass is 35.5. The molecular formula is C19H14Cl3N3O2. The van der Waals surface area contributed by atoms with Gasteiger partial charge in [0.15, 0.2) is 5.82 Å². The molecule has 0 unspecified atom stereocenters. The Morgan fingerprint density at radius 1 is 1.04 bits per heavy atom. The van der Waals surface area contributed by atoms with Gasteiger partial charge in [-0.25, -0.2) is 9.97 Å². The molecule has 0 saturated heterocycles. The monoisotopic (exact) mass is 421 g/mol. The highest BCUT2D eigenvalue weighted by Crippen LogP contribution is 2.32. The number of aryl methyl sites for hydroxylation is 1. The van der Waals surface area contributed by atoms with Crippen LogP contribution in [0, 0.1) is 6.92 Å². The van der Waals surface area contributed by atoms with Gasteiger partial charge in [-0.3, -0.25) is 4.79 Å². The van der Waals surface area contributed by atoms with Crippen LogP contribution in [0.5, 0.6) is 5.75 Å². The fourth-order valence-corrected chi connectivity index (χ4v) is 2.97. The van der Waals surface area contributed by atoms with E-state index in [1.54, 1.807) is 14.0 Å². The molecule has 138 valence electrons. The molecule has 0 saturated carbocycles. The van der Waals surface area contributed by atoms with Crippen molar-refractivity contribution in [2.75, 3.05) is 12.4 Å². The highest BCUT2D eigenvalue weighted by Gasteiger charge is 2.15. The predicted octanol–water partition coefficient (Wildman–Crippen LogP) is 5.67. The average Bonchev–Trinajstić information content (AvgIpc) is 2.66. The van der Waals surface area contributed by atoms with Crippen molar-refractivity contribution in [3.05, 3.63) is 68.9 Å². The number of amides is 1. The Kier molecular flexibility index (Phi) is 5.85. The number of methoxy groups -OCH3 is 1. The fraction of sp³-hybridized carbons (Fsp3) is 0.105. The molecule has 0 aliphatic carbocycles. The number of carbonyl (C=O) groups is 1. The summed E-state index contributed by atoms with van der Waals surface area (Å²) >= 11 is 18.0. The quantitative estimate of drug-likeness (QED) is 0.550. The molecule has 3 aromatic rings. The Bertz CT molecular complexity index is 1010. The van der Waals surface area contributed by atoms with Crippen molar-refractivity contribution in [3.8, 4) is 17.1 Å². The SMILES string of the molecule is COc1ccc(-c2ncc(C(=O)Nc3cc(Cl)c(Cl)cc3Cl)c(C)n2)cc1. The molecule has 1 N–H and O–H groups in total. The Labute approximate surface area is 171 Å². The second-order valence-corrected chi connectivity index (χ2v) is 6.84. The number of rotatable bonds is 4. The number of nitrogens with zero attached hydrogens (tertiary/aromatic N) is 2. The maximum absolute atomic E-state index is 12.6. The standard InChI is InChI=1S/C19H14Cl3N3O2/c1-10-13(19(26)25-17-8-15(21)14(20)7-16(17)22)9-23-18(24-10)11-3-5-12(27-2)6-4-11/h3-9H,1-2H3,(H,25,26). The number of ether oxygens (including phenoxy) is 1. The molecule has 0 radical (unpaired) electrons. The van der Waals surface area contributed by atoms with E-state index >= 15 is 0 Å². The van der Waals surface area contributed by atoms with Gasteiger partial charge in [-0.1, -0.05) is 34.8 Å². The van der Waals surface area contributed by atoms with Crippen LogP contribution in [-0.2, 0) is 0 Å². The zero-order valence-electron chi connectivity index (χ0n) is 14.4. The van der Waals surface area contributed by atoms with E-state index in [0.717, 1.165) is 11.3 Å². The van der Waals surface area contributed by atoms with E-state index in [1.807, 2.05) is 24.3 Å². The van der Waals surface area contributed by atoms with Crippen LogP contribution in [0.4, 0.5) is 5.69 Å². The summed E-state index contributed by atoms with van der Waals surface area (Å²) in [7, 11) is 1.60. The van der Waals surface area contributed by atoms with Crippen molar-refractivity contribution in [2.45, 2.75) is 6.92 Å². The topological polar surface area (TPSA) is 64.1 Å². The van der Waals surface area contributed by atoms with Crippen molar-refractivity contribution in [1.29, 1.82) is 0 Å². The first-order valence-corrected chi connectivity index (χ1v) is 8.96. The van der Waals surface area contributed by atoms with Gasteiger partial charge in [-0.15, -0.1) is 0 Å². The van der Waals surface area contributed by atoms with Crippen LogP contribution < -0.4 is 10.1 Å². The molecular weight excluding hydrogens is 409 g/mol. The molecule has 0 aliphatic heterocycles. The Morgan fingerprint density at radius 2 is 1.70 bits per heavy atom. The van der Waals surface area contributed by atoms with Crippen LogP contribution in [0.3, 0.4) is 0 Å². The first-order valence-electron chi connectivity index (χ1n) is 7.83. The van der Waals surface area contributed by atoms with E-state index in [-0.39, 0.29) is 5.02 Å². The maximum atomic E-state index is 12.6. The Hall–Kier alpha value is -2.34. The highest BCUT2D eigenvalue weighted by molar-refractivity contribution is 6.44. The summed E-state index contributed by atoms with van der Waals surface area (Å²) < 4.78 is 5.14. The molecule has 0 atom stereocenters. The summed E-state index contributed by atoms with van der Waals surface area (Å²) in [5.74, 6) is 0.860. The van der Waals surface area contributed by atoms with E-state index in [0.29, 0.717) is 32.8 Å². The average molecular weight is 423 g/mol. The number of aromatic nitrogens is 2. The number of hydrogen-bond acceptors (Lipinski definition) is 4. The fourth-order valence-electron chi connectivity index (χ4n) is 2.38. The van der Waals surface area contributed by atoms with Crippen molar-refractivity contribution in [3.63, 3.8) is 0 Å². The van der Waals surface area contributed by atoms with Gasteiger partial charge in [0.1, 0.15) is 5.75 Å². The first kappa shape index (κ1) is 19.4. The summed E-state index contributed by atoms with van der Waals surface area (Å²) in [4.78, 5) is 21.3. The van der Waals surface area contributed by atoms with Gasteiger partial charge in [0.25, 0.3) is 5.91 Å². The molecule has 1 aromatic heterocycles. The summed E-state index contributed by atoms with van der Waals surface area (Å²) in [6.07, 6.45) is 1.47. The smallest absolute Gasteiger partial charge is 0.259 e. The van der Waals surface area contributed by atoms with E-state index in [2.05, 4.69) is 15.3 Å². The number of halogens is 3. The number of anilines is 1. The van der Waals surface area contributed by atoms with Crippen LogP contribution in [0.15, 0.2) is 42.6 Å². The third kappa shape index (κ3) is 4.33. The Morgan fingerprint density at radius 3 is 2.33 bits per heavy atom. The largest absolute Gasteiger partial charge is 0.497 e. The minimum Gasteiger partial charge on any atom is -0.497 e. The second kappa shape index (κ2) is 8.13. The molecule has 1 heterocycles. The first-order chi connectivity index (χ1) is 12.9. The summed E-state index contributed by atoms with van der Waals surface area (Å²) in [6, 6.07) is 10.3. The van der Waals surface area contributed by atoms with Crippen LogP contribution in [-0.4, -0.2) is 23.0 Å². The van der Waals surface area contributed by atoms with Gasteiger partial charge < -0.3 is 10.1 Å². The molecule has 3 rings (SSSR count). The number of carbonyl (C=O) groups excluding carboxylic acids is 1. The number of benzene rings is 2. The van der Waals surface area contributed by atoms with E-state index < -0.39 is 5.91 Å². The van der Waals surface area contributed by atoms with Gasteiger partial charge in [0, 0.05) is 11.8 Å². The van der Waals surface area contributed by atoms with Crippen LogP contribution in [0.1, 0.15) is 16.1 Å². The predicted molar refractivity (Wildman–Crippen MR) is 108 cm³/mol. The van der Waals surface area contributed by atoms with Crippen molar-refractivity contribution < 1.29 is 9.53 Å². The lowest BCUT2D eigenvalue weighted by Crippen LogP contribution is -2.15. The van der Waals surface area contributed by atoms with Crippen LogP contribution in [0.25, 0.3) is 11.4 Å². The van der Waals surface area contributed by atoms with Crippen LogP contribution >= 0.6 is 34.8 Å². The van der Waals surface area contributed by atoms with E-state index in [1.165, 1.54) is 18.3 Å². The molecule has 5 nitrogen and oxygen atoms in total. The molecule has 0 fully saturated rings. The number of nitrogens with one attached hydrogen (secondary N) is 1. The summed E-state index contributed by atoms with van der Waals surface area (Å²) in [6.45, 7) is 1.74. The lowest BCUT2D eigenvalue weighted by Gasteiger charge is -2.11. The van der Waals surface area contributed by atoms with E-state index in [9.17, 15) is 4.79 Å². The molecule has 0 aliphatic rings. The van der Waals surface area contributed by atoms with Gasteiger partial charge >= 0.3 is 0 Å². The van der Waals surface area contributed by atoms with Crippen LogP contribution in [0.2, 0.25) is 15.1 Å². The zero-order valence-corrected chi connectivity index (χ0v) is 16.7. The molecule has 8 heteroatoms. The van der Waals surface area contributed by atoms with Gasteiger partial charge in [0.2, 0.25) is 0 Å². The maximum Gasteiger partial charge on any atom is 0.259 e.